The number of carbonyl (C=O) groups excluding carboxylic acids is 2. The van der Waals surface area contributed by atoms with Crippen molar-refractivity contribution < 1.29 is 24.2 Å². The van der Waals surface area contributed by atoms with Gasteiger partial charge in [0.1, 0.15) is 12.6 Å². The quantitative estimate of drug-likeness (QED) is 0.471. The number of alkyl carbamates (subject to hydrolysis) is 1. The molecule has 7 heteroatoms. The zero-order valence-corrected chi connectivity index (χ0v) is 21.2. The van der Waals surface area contributed by atoms with Crippen molar-refractivity contribution in [3.63, 3.8) is 0 Å². The Bertz CT molecular complexity index is 1040. The summed E-state index contributed by atoms with van der Waals surface area (Å²) in [4.78, 5) is 36.7. The Morgan fingerprint density at radius 2 is 1.49 bits per heavy atom. The van der Waals surface area contributed by atoms with E-state index in [1.54, 1.807) is 0 Å². The molecule has 0 heterocycles. The molecule has 1 atom stereocenters. The van der Waals surface area contributed by atoms with Gasteiger partial charge in [0.25, 0.3) is 0 Å². The number of hydrogen-bond donors (Lipinski definition) is 3. The summed E-state index contributed by atoms with van der Waals surface area (Å²) in [7, 11) is 0. The van der Waals surface area contributed by atoms with Gasteiger partial charge in [0.2, 0.25) is 5.91 Å². The number of ether oxygens (including phenoxy) is 1. The second kappa shape index (κ2) is 10.5. The lowest BCUT2D eigenvalue weighted by Gasteiger charge is -2.39. The van der Waals surface area contributed by atoms with Gasteiger partial charge in [0.15, 0.2) is 0 Å². The summed E-state index contributed by atoms with van der Waals surface area (Å²) < 4.78 is 5.55. The van der Waals surface area contributed by atoms with Crippen molar-refractivity contribution in [2.75, 3.05) is 13.2 Å². The number of benzene rings is 2. The van der Waals surface area contributed by atoms with E-state index in [2.05, 4.69) is 57.4 Å². The van der Waals surface area contributed by atoms with Crippen molar-refractivity contribution in [2.24, 2.45) is 10.8 Å². The molecule has 0 bridgehead atoms. The molecule has 1 aliphatic carbocycles. The number of amides is 2. The highest BCUT2D eigenvalue weighted by atomic mass is 16.5. The minimum atomic E-state index is -1.04. The van der Waals surface area contributed by atoms with Crippen LogP contribution in [0.1, 0.15) is 64.5 Å². The van der Waals surface area contributed by atoms with Gasteiger partial charge in [-0.05, 0) is 39.5 Å². The third-order valence-corrected chi connectivity index (χ3v) is 7.33. The first-order valence-corrected chi connectivity index (χ1v) is 12.0. The molecule has 1 aliphatic rings. The first-order chi connectivity index (χ1) is 16.4. The molecule has 3 rings (SSSR count). The molecule has 2 aromatic rings. The summed E-state index contributed by atoms with van der Waals surface area (Å²) in [6.45, 7) is 10.9. The van der Waals surface area contributed by atoms with E-state index >= 15 is 0 Å². The van der Waals surface area contributed by atoms with Crippen molar-refractivity contribution in [1.82, 2.24) is 10.6 Å². The zero-order chi connectivity index (χ0) is 25.8. The molecular formula is C28H36N2O5. The minimum Gasteiger partial charge on any atom is -0.481 e. The van der Waals surface area contributed by atoms with Crippen LogP contribution in [-0.2, 0) is 14.3 Å². The van der Waals surface area contributed by atoms with Crippen LogP contribution < -0.4 is 10.6 Å². The SMILES string of the molecule is CC(C)(C)C(C)(C)CNC(=O)C(CCC(=O)O)NC(=O)OCC1c2ccccc2-c2ccccc21. The predicted octanol–water partition coefficient (Wildman–Crippen LogP) is 4.95. The molecule has 2 amide bonds. The molecule has 188 valence electrons. The maximum atomic E-state index is 12.9. The molecule has 7 nitrogen and oxygen atoms in total. The summed E-state index contributed by atoms with van der Waals surface area (Å²) >= 11 is 0. The molecule has 0 saturated heterocycles. The lowest BCUT2D eigenvalue weighted by atomic mass is 9.69. The van der Waals surface area contributed by atoms with Gasteiger partial charge in [0.05, 0.1) is 0 Å². The lowest BCUT2D eigenvalue weighted by molar-refractivity contribution is -0.137. The number of carbonyl (C=O) groups is 3. The molecular weight excluding hydrogens is 444 g/mol. The molecule has 0 saturated carbocycles. The van der Waals surface area contributed by atoms with Gasteiger partial charge in [-0.1, -0.05) is 83.1 Å². The molecule has 2 aromatic carbocycles. The van der Waals surface area contributed by atoms with E-state index in [9.17, 15) is 14.4 Å². The fourth-order valence-corrected chi connectivity index (χ4v) is 4.02. The Kier molecular flexibility index (Phi) is 7.88. The van der Waals surface area contributed by atoms with E-state index in [1.165, 1.54) is 0 Å². The Morgan fingerprint density at radius 3 is 2.00 bits per heavy atom. The molecule has 0 aromatic heterocycles. The van der Waals surface area contributed by atoms with Crippen molar-refractivity contribution >= 4 is 18.0 Å². The van der Waals surface area contributed by atoms with Crippen LogP contribution in [0.3, 0.4) is 0 Å². The standard InChI is InChI=1S/C28H36N2O5/c1-27(2,3)28(4,5)17-29-25(33)23(14-15-24(31)32)30-26(34)35-16-22-20-12-8-6-10-18(20)19-11-7-9-13-21(19)22/h6-13,22-23H,14-17H2,1-5H3,(H,29,33)(H,30,34)(H,31,32). The minimum absolute atomic E-state index is 0.0265. The van der Waals surface area contributed by atoms with E-state index in [4.69, 9.17) is 9.84 Å². The molecule has 0 radical (unpaired) electrons. The number of rotatable bonds is 9. The van der Waals surface area contributed by atoms with Crippen LogP contribution >= 0.6 is 0 Å². The number of aliphatic carboxylic acids is 1. The van der Waals surface area contributed by atoms with E-state index in [0.29, 0.717) is 6.54 Å². The molecule has 35 heavy (non-hydrogen) atoms. The van der Waals surface area contributed by atoms with Gasteiger partial charge in [-0.3, -0.25) is 9.59 Å². The van der Waals surface area contributed by atoms with E-state index in [-0.39, 0.29) is 36.2 Å². The molecule has 0 aliphatic heterocycles. The second-order valence-corrected chi connectivity index (χ2v) is 10.8. The fraction of sp³-hybridized carbons (Fsp3) is 0.464. The Morgan fingerprint density at radius 1 is 0.943 bits per heavy atom. The number of fused-ring (bicyclic) bond motifs is 3. The third kappa shape index (κ3) is 6.21. The molecule has 0 spiro atoms. The normalized spacial score (nSPS) is 14.0. The van der Waals surface area contributed by atoms with Gasteiger partial charge in [-0.2, -0.15) is 0 Å². The van der Waals surface area contributed by atoms with Crippen LogP contribution in [0.25, 0.3) is 11.1 Å². The highest BCUT2D eigenvalue weighted by Gasteiger charge is 2.34. The van der Waals surface area contributed by atoms with E-state index in [0.717, 1.165) is 22.3 Å². The number of carboxylic acid groups (broad SMARTS) is 1. The van der Waals surface area contributed by atoms with Crippen molar-refractivity contribution in [3.8, 4) is 11.1 Å². The van der Waals surface area contributed by atoms with Crippen molar-refractivity contribution in [2.45, 2.75) is 59.4 Å². The maximum Gasteiger partial charge on any atom is 0.407 e. The van der Waals surface area contributed by atoms with Crippen LogP contribution in [0.5, 0.6) is 0 Å². The highest BCUT2D eigenvalue weighted by Crippen LogP contribution is 2.44. The maximum absolute atomic E-state index is 12.9. The van der Waals surface area contributed by atoms with E-state index < -0.39 is 24.0 Å². The lowest BCUT2D eigenvalue weighted by Crippen LogP contribution is -2.50. The van der Waals surface area contributed by atoms with E-state index in [1.807, 2.05) is 36.4 Å². The topological polar surface area (TPSA) is 105 Å². The third-order valence-electron chi connectivity index (χ3n) is 7.33. The predicted molar refractivity (Wildman–Crippen MR) is 135 cm³/mol. The first kappa shape index (κ1) is 26.3. The van der Waals surface area contributed by atoms with Gasteiger partial charge in [-0.15, -0.1) is 0 Å². The molecule has 1 unspecified atom stereocenters. The summed E-state index contributed by atoms with van der Waals surface area (Å²) in [6, 6.07) is 15.1. The number of hydrogen-bond acceptors (Lipinski definition) is 4. The largest absolute Gasteiger partial charge is 0.481 e. The van der Waals surface area contributed by atoms with Crippen LogP contribution in [0.4, 0.5) is 4.79 Å². The first-order valence-electron chi connectivity index (χ1n) is 12.0. The van der Waals surface area contributed by atoms with Gasteiger partial charge in [-0.25, -0.2) is 4.79 Å². The van der Waals surface area contributed by atoms with Crippen LogP contribution in [0, 0.1) is 10.8 Å². The van der Waals surface area contributed by atoms with Crippen molar-refractivity contribution in [3.05, 3.63) is 59.7 Å². The Hall–Kier alpha value is -3.35. The average molecular weight is 481 g/mol. The summed E-state index contributed by atoms with van der Waals surface area (Å²) in [6.07, 6.45) is -1.02. The van der Waals surface area contributed by atoms with Crippen molar-refractivity contribution in [1.29, 1.82) is 0 Å². The van der Waals surface area contributed by atoms with Crippen LogP contribution in [0.15, 0.2) is 48.5 Å². The van der Waals surface area contributed by atoms with Gasteiger partial charge < -0.3 is 20.5 Å². The van der Waals surface area contributed by atoms with Gasteiger partial charge >= 0.3 is 12.1 Å². The monoisotopic (exact) mass is 480 g/mol. The second-order valence-electron chi connectivity index (χ2n) is 10.8. The summed E-state index contributed by atoms with van der Waals surface area (Å²) in [5, 5.41) is 14.6. The smallest absolute Gasteiger partial charge is 0.407 e. The average Bonchev–Trinajstić information content (AvgIpc) is 3.11. The summed E-state index contributed by atoms with van der Waals surface area (Å²) in [5.74, 6) is -1.56. The molecule has 0 fully saturated rings. The van der Waals surface area contributed by atoms with Crippen LogP contribution in [0.2, 0.25) is 0 Å². The van der Waals surface area contributed by atoms with Gasteiger partial charge in [0, 0.05) is 18.9 Å². The van der Waals surface area contributed by atoms with Crippen LogP contribution in [-0.4, -0.2) is 42.3 Å². The Balaban J connectivity index is 1.65. The number of carboxylic acids is 1. The summed E-state index contributed by atoms with van der Waals surface area (Å²) in [5.41, 5.74) is 4.16. The Labute approximate surface area is 207 Å². The zero-order valence-electron chi connectivity index (χ0n) is 21.2. The highest BCUT2D eigenvalue weighted by molar-refractivity contribution is 5.86. The fourth-order valence-electron chi connectivity index (χ4n) is 4.02. The number of nitrogens with one attached hydrogen (secondary N) is 2. The molecule has 3 N–H and O–H groups in total.